The number of rotatable bonds is 4. The van der Waals surface area contributed by atoms with E-state index in [9.17, 15) is 27.2 Å². The zero-order valence-corrected chi connectivity index (χ0v) is 17.6. The number of pyridine rings is 1. The topological polar surface area (TPSA) is 58.8 Å². The number of carbonyl (C=O) groups is 2. The Hall–Kier alpha value is -3.65. The fourth-order valence-corrected chi connectivity index (χ4v) is 4.17. The van der Waals surface area contributed by atoms with Crippen LogP contribution in [-0.4, -0.2) is 21.3 Å². The lowest BCUT2D eigenvalue weighted by Gasteiger charge is -2.14. The van der Waals surface area contributed by atoms with Gasteiger partial charge in [-0.3, -0.25) is 4.79 Å². The average molecular weight is 476 g/mol. The number of aromatic nitrogens is 1. The molecule has 4 nitrogen and oxygen atoms in total. The Balaban J connectivity index is 2.01. The fraction of sp³-hybridized carbons (Fsp3) is 0.0833. The second-order valence-electron chi connectivity index (χ2n) is 7.29. The van der Waals surface area contributed by atoms with Crippen LogP contribution in [0.4, 0.5) is 17.6 Å². The van der Waals surface area contributed by atoms with E-state index in [0.29, 0.717) is 5.52 Å². The molecule has 0 aliphatic heterocycles. The highest BCUT2D eigenvalue weighted by Crippen LogP contribution is 2.39. The van der Waals surface area contributed by atoms with Gasteiger partial charge >= 0.3 is 12.1 Å². The van der Waals surface area contributed by atoms with Gasteiger partial charge in [-0.2, -0.15) is 13.2 Å². The monoisotopic (exact) mass is 475 g/mol. The van der Waals surface area contributed by atoms with Gasteiger partial charge in [0.1, 0.15) is 5.82 Å². The molecule has 0 saturated carbocycles. The molecule has 4 rings (SSSR count). The molecule has 0 spiro atoms. The Kier molecular flexibility index (Phi) is 5.49. The summed E-state index contributed by atoms with van der Waals surface area (Å²) in [7, 11) is 0. The molecular formula is C24H14ClF4NO3. The lowest BCUT2D eigenvalue weighted by Crippen LogP contribution is -2.16. The van der Waals surface area contributed by atoms with Crippen molar-refractivity contribution in [1.29, 1.82) is 0 Å². The van der Waals surface area contributed by atoms with Crippen LogP contribution >= 0.6 is 11.6 Å². The number of hydrogen-bond donors (Lipinski definition) is 1. The first-order valence-electron chi connectivity index (χ1n) is 9.55. The van der Waals surface area contributed by atoms with E-state index >= 15 is 0 Å². The minimum Gasteiger partial charge on any atom is -0.478 e. The highest BCUT2D eigenvalue weighted by Gasteiger charge is 2.37. The summed E-state index contributed by atoms with van der Waals surface area (Å²) in [6.45, 7) is 1.49. The number of halogens is 5. The zero-order chi connectivity index (χ0) is 24.1. The normalized spacial score (nSPS) is 11.7. The molecule has 0 aliphatic carbocycles. The summed E-state index contributed by atoms with van der Waals surface area (Å²) < 4.78 is 57.2. The van der Waals surface area contributed by atoms with Crippen LogP contribution in [0.5, 0.6) is 0 Å². The van der Waals surface area contributed by atoms with E-state index in [4.69, 9.17) is 16.7 Å². The lowest BCUT2D eigenvalue weighted by molar-refractivity contribution is -0.137. The van der Waals surface area contributed by atoms with E-state index in [1.807, 2.05) is 0 Å². The summed E-state index contributed by atoms with van der Waals surface area (Å²) in [4.78, 5) is 24.6. The average Bonchev–Trinajstić information content (AvgIpc) is 3.04. The molecule has 4 aromatic rings. The number of hydrogen-bond acceptors (Lipinski definition) is 2. The summed E-state index contributed by atoms with van der Waals surface area (Å²) in [5.41, 5.74) is -1.40. The van der Waals surface area contributed by atoms with Crippen molar-refractivity contribution in [2.45, 2.75) is 13.1 Å². The van der Waals surface area contributed by atoms with Gasteiger partial charge in [-0.25, -0.2) is 9.18 Å². The number of fused-ring (bicyclic) bond motifs is 1. The molecule has 0 radical (unpaired) electrons. The molecular weight excluding hydrogens is 462 g/mol. The van der Waals surface area contributed by atoms with E-state index in [1.54, 1.807) is 18.2 Å². The van der Waals surface area contributed by atoms with Crippen LogP contribution < -0.4 is 0 Å². The fourth-order valence-electron chi connectivity index (χ4n) is 3.91. The highest BCUT2D eigenvalue weighted by atomic mass is 35.5. The second-order valence-corrected chi connectivity index (χ2v) is 7.70. The Morgan fingerprint density at radius 3 is 2.39 bits per heavy atom. The van der Waals surface area contributed by atoms with Crippen LogP contribution in [0.3, 0.4) is 0 Å². The number of carboxylic acid groups (broad SMARTS) is 1. The number of benzene rings is 2. The number of alkyl halides is 3. The standard InChI is InChI=1S/C24H14ClF4NO3/c1-12-19(14-9-8-13(23(32)33)11-17(14)26)18-7-2-3-10-30(18)21(12)22(31)20-15(24(27,28)29)5-4-6-16(20)25/h2-11H,1H3,(H,32,33). The van der Waals surface area contributed by atoms with Crippen molar-refractivity contribution in [3.8, 4) is 11.1 Å². The third kappa shape index (κ3) is 3.76. The van der Waals surface area contributed by atoms with Crippen molar-refractivity contribution in [2.24, 2.45) is 0 Å². The predicted molar refractivity (Wildman–Crippen MR) is 114 cm³/mol. The maximum atomic E-state index is 14.9. The Morgan fingerprint density at radius 1 is 1.03 bits per heavy atom. The summed E-state index contributed by atoms with van der Waals surface area (Å²) in [6.07, 6.45) is -3.34. The molecule has 0 amide bonds. The maximum Gasteiger partial charge on any atom is 0.417 e. The van der Waals surface area contributed by atoms with Crippen molar-refractivity contribution < 1.29 is 32.3 Å². The summed E-state index contributed by atoms with van der Waals surface area (Å²) >= 11 is 6.03. The molecule has 2 heterocycles. The molecule has 0 saturated heterocycles. The van der Waals surface area contributed by atoms with Crippen molar-refractivity contribution in [2.75, 3.05) is 0 Å². The first-order valence-corrected chi connectivity index (χ1v) is 9.93. The maximum absolute atomic E-state index is 14.9. The zero-order valence-electron chi connectivity index (χ0n) is 16.9. The summed E-state index contributed by atoms with van der Waals surface area (Å²) in [6, 6.07) is 11.2. The minimum absolute atomic E-state index is 0.00968. The van der Waals surface area contributed by atoms with Gasteiger partial charge in [-0.1, -0.05) is 29.8 Å². The predicted octanol–water partition coefficient (Wildman–Crippen LogP) is 6.66. The summed E-state index contributed by atoms with van der Waals surface area (Å²) in [5.74, 6) is -3.13. The molecule has 1 N–H and O–H groups in total. The minimum atomic E-state index is -4.82. The SMILES string of the molecule is Cc1c(-c2ccc(C(=O)O)cc2F)c2ccccn2c1C(=O)c1c(Cl)cccc1C(F)(F)F. The smallest absolute Gasteiger partial charge is 0.417 e. The van der Waals surface area contributed by atoms with E-state index in [1.165, 1.54) is 35.7 Å². The van der Waals surface area contributed by atoms with Gasteiger partial charge in [0.2, 0.25) is 5.78 Å². The van der Waals surface area contributed by atoms with E-state index in [2.05, 4.69) is 0 Å². The van der Waals surface area contributed by atoms with Crippen molar-refractivity contribution >= 4 is 28.9 Å². The number of aromatic carboxylic acids is 1. The third-order valence-electron chi connectivity index (χ3n) is 5.33. The molecule has 0 unspecified atom stereocenters. The van der Waals surface area contributed by atoms with Crippen molar-refractivity contribution in [1.82, 2.24) is 4.40 Å². The van der Waals surface area contributed by atoms with E-state index < -0.39 is 34.9 Å². The van der Waals surface area contributed by atoms with Gasteiger partial charge in [0, 0.05) is 17.3 Å². The second kappa shape index (κ2) is 8.04. The molecule has 0 bridgehead atoms. The van der Waals surface area contributed by atoms with E-state index in [-0.39, 0.29) is 33.0 Å². The first kappa shape index (κ1) is 22.5. The quantitative estimate of drug-likeness (QED) is 0.265. The van der Waals surface area contributed by atoms with Crippen LogP contribution in [0.25, 0.3) is 16.6 Å². The van der Waals surface area contributed by atoms with E-state index in [0.717, 1.165) is 18.2 Å². The van der Waals surface area contributed by atoms with Crippen LogP contribution in [0.1, 0.15) is 37.5 Å². The number of ketones is 1. The molecule has 2 aromatic carbocycles. The van der Waals surface area contributed by atoms with Gasteiger partial charge in [0.25, 0.3) is 0 Å². The van der Waals surface area contributed by atoms with Gasteiger partial charge in [0.15, 0.2) is 0 Å². The lowest BCUT2D eigenvalue weighted by atomic mass is 9.96. The van der Waals surface area contributed by atoms with Crippen molar-refractivity contribution in [3.63, 3.8) is 0 Å². The van der Waals surface area contributed by atoms with Crippen LogP contribution in [0.2, 0.25) is 5.02 Å². The van der Waals surface area contributed by atoms with Crippen LogP contribution in [0, 0.1) is 12.7 Å². The molecule has 9 heteroatoms. The third-order valence-corrected chi connectivity index (χ3v) is 5.65. The Labute approximate surface area is 189 Å². The van der Waals surface area contributed by atoms with Crippen molar-refractivity contribution in [3.05, 3.63) is 99.6 Å². The van der Waals surface area contributed by atoms with Gasteiger partial charge < -0.3 is 9.51 Å². The number of carbonyl (C=O) groups excluding carboxylic acids is 1. The summed E-state index contributed by atoms with van der Waals surface area (Å²) in [5, 5.41) is 8.74. The molecule has 0 atom stereocenters. The Morgan fingerprint density at radius 2 is 1.76 bits per heavy atom. The first-order chi connectivity index (χ1) is 15.5. The van der Waals surface area contributed by atoms with Crippen LogP contribution in [0.15, 0.2) is 60.8 Å². The molecule has 33 heavy (non-hydrogen) atoms. The molecule has 0 aliphatic rings. The molecule has 168 valence electrons. The van der Waals surface area contributed by atoms with Crippen LogP contribution in [-0.2, 0) is 6.18 Å². The largest absolute Gasteiger partial charge is 0.478 e. The molecule has 2 aromatic heterocycles. The van der Waals surface area contributed by atoms with Gasteiger partial charge in [-0.15, -0.1) is 0 Å². The Bertz CT molecular complexity index is 1440. The molecule has 0 fully saturated rings. The number of carboxylic acids is 1. The van der Waals surface area contributed by atoms with Gasteiger partial charge in [0.05, 0.1) is 32.9 Å². The van der Waals surface area contributed by atoms with Gasteiger partial charge in [-0.05, 0) is 48.9 Å². The highest BCUT2D eigenvalue weighted by molar-refractivity contribution is 6.35. The number of nitrogens with zero attached hydrogens (tertiary/aromatic N) is 1.